The second-order valence-corrected chi connectivity index (χ2v) is 4.75. The van der Waals surface area contributed by atoms with E-state index in [2.05, 4.69) is 10.1 Å². The van der Waals surface area contributed by atoms with Crippen LogP contribution < -0.4 is 0 Å². The van der Waals surface area contributed by atoms with Gasteiger partial charge in [0.1, 0.15) is 17.3 Å². The van der Waals surface area contributed by atoms with E-state index in [1.165, 1.54) is 16.8 Å². The molecule has 3 aromatic rings. The number of rotatable bonds is 3. The molecule has 0 aliphatic carbocycles. The van der Waals surface area contributed by atoms with E-state index in [1.54, 1.807) is 25.1 Å². The minimum atomic E-state index is -0.490. The van der Waals surface area contributed by atoms with Crippen LogP contribution in [0.1, 0.15) is 18.2 Å². The Morgan fingerprint density at radius 2 is 2.05 bits per heavy atom. The first-order valence-electron chi connectivity index (χ1n) is 6.37. The van der Waals surface area contributed by atoms with Crippen LogP contribution in [-0.2, 0) is 6.54 Å². The maximum atomic E-state index is 13.7. The molecule has 0 bridgehead atoms. The van der Waals surface area contributed by atoms with Crippen molar-refractivity contribution in [2.75, 3.05) is 0 Å². The third-order valence-corrected chi connectivity index (χ3v) is 3.19. The Morgan fingerprint density at radius 3 is 2.76 bits per heavy atom. The number of benzene rings is 1. The Balaban J connectivity index is 2.15. The standard InChI is InChI=1S/C15H12F2N4/c1-9(18)14-12-6-11(16)7-19-15(12)21(20-14)8-10-4-2-3-5-13(10)17/h2-7,18H,8H2,1H3. The van der Waals surface area contributed by atoms with Crippen molar-refractivity contribution in [1.29, 1.82) is 5.41 Å². The minimum absolute atomic E-state index is 0.176. The summed E-state index contributed by atoms with van der Waals surface area (Å²) >= 11 is 0. The van der Waals surface area contributed by atoms with E-state index in [9.17, 15) is 8.78 Å². The molecule has 0 amide bonds. The van der Waals surface area contributed by atoms with E-state index < -0.39 is 5.82 Å². The fraction of sp³-hybridized carbons (Fsp3) is 0.133. The first kappa shape index (κ1) is 13.4. The van der Waals surface area contributed by atoms with Crippen molar-refractivity contribution >= 4 is 16.7 Å². The van der Waals surface area contributed by atoms with Crippen LogP contribution in [0.3, 0.4) is 0 Å². The summed E-state index contributed by atoms with van der Waals surface area (Å²) in [5, 5.41) is 12.4. The van der Waals surface area contributed by atoms with Gasteiger partial charge >= 0.3 is 0 Å². The molecule has 0 saturated heterocycles. The monoisotopic (exact) mass is 286 g/mol. The molecule has 0 unspecified atom stereocenters. The number of hydrogen-bond donors (Lipinski definition) is 1. The van der Waals surface area contributed by atoms with Crippen LogP contribution in [0, 0.1) is 17.0 Å². The molecule has 106 valence electrons. The van der Waals surface area contributed by atoms with Gasteiger partial charge in [-0.15, -0.1) is 0 Å². The van der Waals surface area contributed by atoms with Crippen LogP contribution in [0.5, 0.6) is 0 Å². The molecule has 3 rings (SSSR count). The zero-order valence-corrected chi connectivity index (χ0v) is 11.3. The summed E-state index contributed by atoms with van der Waals surface area (Å²) in [5.41, 5.74) is 1.46. The molecule has 2 aromatic heterocycles. The van der Waals surface area contributed by atoms with E-state index in [4.69, 9.17) is 5.41 Å². The summed E-state index contributed by atoms with van der Waals surface area (Å²) < 4.78 is 28.6. The largest absolute Gasteiger partial charge is 0.303 e. The van der Waals surface area contributed by atoms with Crippen LogP contribution in [0.2, 0.25) is 0 Å². The van der Waals surface area contributed by atoms with Crippen LogP contribution in [-0.4, -0.2) is 20.5 Å². The molecule has 21 heavy (non-hydrogen) atoms. The topological polar surface area (TPSA) is 54.6 Å². The number of halogens is 2. The second kappa shape index (κ2) is 5.05. The van der Waals surface area contributed by atoms with Gasteiger partial charge in [-0.3, -0.25) is 0 Å². The number of pyridine rings is 1. The molecule has 6 heteroatoms. The Bertz CT molecular complexity index is 839. The molecule has 0 fully saturated rings. The van der Waals surface area contributed by atoms with E-state index in [0.717, 1.165) is 6.20 Å². The van der Waals surface area contributed by atoms with Gasteiger partial charge in [-0.05, 0) is 19.1 Å². The van der Waals surface area contributed by atoms with Crippen molar-refractivity contribution in [3.63, 3.8) is 0 Å². The molecular weight excluding hydrogens is 274 g/mol. The fourth-order valence-corrected chi connectivity index (χ4v) is 2.21. The van der Waals surface area contributed by atoms with Gasteiger partial charge in [-0.2, -0.15) is 5.10 Å². The van der Waals surface area contributed by atoms with E-state index in [0.29, 0.717) is 22.3 Å². The van der Waals surface area contributed by atoms with Gasteiger partial charge in [0.25, 0.3) is 0 Å². The van der Waals surface area contributed by atoms with Crippen molar-refractivity contribution in [2.45, 2.75) is 13.5 Å². The third kappa shape index (κ3) is 2.40. The van der Waals surface area contributed by atoms with Crippen LogP contribution in [0.4, 0.5) is 8.78 Å². The average molecular weight is 286 g/mol. The zero-order chi connectivity index (χ0) is 15.0. The normalized spacial score (nSPS) is 11.0. The maximum absolute atomic E-state index is 13.7. The zero-order valence-electron chi connectivity index (χ0n) is 11.3. The predicted molar refractivity (Wildman–Crippen MR) is 75.5 cm³/mol. The van der Waals surface area contributed by atoms with E-state index in [1.807, 2.05) is 0 Å². The highest BCUT2D eigenvalue weighted by Gasteiger charge is 2.15. The summed E-state index contributed by atoms with van der Waals surface area (Å²) in [6.07, 6.45) is 1.09. The Morgan fingerprint density at radius 1 is 1.29 bits per heavy atom. The lowest BCUT2D eigenvalue weighted by atomic mass is 10.2. The Labute approximate surface area is 119 Å². The summed E-state index contributed by atoms with van der Waals surface area (Å²) in [7, 11) is 0. The second-order valence-electron chi connectivity index (χ2n) is 4.75. The first-order chi connectivity index (χ1) is 10.1. The Hall–Kier alpha value is -2.63. The van der Waals surface area contributed by atoms with Gasteiger partial charge in [-0.25, -0.2) is 18.4 Å². The van der Waals surface area contributed by atoms with Crippen LogP contribution in [0.25, 0.3) is 11.0 Å². The highest BCUT2D eigenvalue weighted by atomic mass is 19.1. The van der Waals surface area contributed by atoms with Crippen LogP contribution >= 0.6 is 0 Å². The first-order valence-corrected chi connectivity index (χ1v) is 6.37. The summed E-state index contributed by atoms with van der Waals surface area (Å²) in [4.78, 5) is 4.02. The van der Waals surface area contributed by atoms with Gasteiger partial charge in [0, 0.05) is 5.56 Å². The molecule has 4 nitrogen and oxygen atoms in total. The molecule has 2 heterocycles. The van der Waals surface area contributed by atoms with Gasteiger partial charge in [-0.1, -0.05) is 18.2 Å². The van der Waals surface area contributed by atoms with Crippen molar-refractivity contribution in [2.24, 2.45) is 0 Å². The summed E-state index contributed by atoms with van der Waals surface area (Å²) in [6.45, 7) is 1.75. The molecule has 0 saturated carbocycles. The fourth-order valence-electron chi connectivity index (χ4n) is 2.21. The van der Waals surface area contributed by atoms with E-state index >= 15 is 0 Å². The summed E-state index contributed by atoms with van der Waals surface area (Å²) in [6, 6.07) is 7.67. The van der Waals surface area contributed by atoms with Gasteiger partial charge in [0.05, 0.1) is 23.8 Å². The Kier molecular flexibility index (Phi) is 3.21. The van der Waals surface area contributed by atoms with Crippen LogP contribution in [0.15, 0.2) is 36.5 Å². The SMILES string of the molecule is CC(=N)c1nn(Cc2ccccc2F)c2ncc(F)cc12. The predicted octanol–water partition coefficient (Wildman–Crippen LogP) is 3.15. The van der Waals surface area contributed by atoms with Crippen molar-refractivity contribution in [3.05, 3.63) is 59.4 Å². The lowest BCUT2D eigenvalue weighted by molar-refractivity contribution is 0.588. The smallest absolute Gasteiger partial charge is 0.158 e. The van der Waals surface area contributed by atoms with Crippen molar-refractivity contribution < 1.29 is 8.78 Å². The molecule has 0 aliphatic heterocycles. The van der Waals surface area contributed by atoms with Gasteiger partial charge in [0.15, 0.2) is 5.65 Å². The van der Waals surface area contributed by atoms with Crippen molar-refractivity contribution in [3.8, 4) is 0 Å². The quantitative estimate of drug-likeness (QED) is 0.752. The summed E-state index contributed by atoms with van der Waals surface area (Å²) in [5.74, 6) is -0.827. The van der Waals surface area contributed by atoms with Gasteiger partial charge in [0.2, 0.25) is 0 Å². The lowest BCUT2D eigenvalue weighted by Gasteiger charge is -2.04. The molecule has 0 atom stereocenters. The maximum Gasteiger partial charge on any atom is 0.158 e. The number of nitrogens with zero attached hydrogens (tertiary/aromatic N) is 3. The van der Waals surface area contributed by atoms with Gasteiger partial charge < -0.3 is 5.41 Å². The number of fused-ring (bicyclic) bond motifs is 1. The average Bonchev–Trinajstić information content (AvgIpc) is 2.79. The molecule has 1 N–H and O–H groups in total. The highest BCUT2D eigenvalue weighted by molar-refractivity contribution is 6.05. The molecule has 0 radical (unpaired) electrons. The lowest BCUT2D eigenvalue weighted by Crippen LogP contribution is -2.05. The highest BCUT2D eigenvalue weighted by Crippen LogP contribution is 2.20. The number of nitrogens with one attached hydrogen (secondary N) is 1. The molecular formula is C15H12F2N4. The third-order valence-electron chi connectivity index (χ3n) is 3.19. The number of hydrogen-bond acceptors (Lipinski definition) is 3. The van der Waals surface area contributed by atoms with Crippen molar-refractivity contribution in [1.82, 2.24) is 14.8 Å². The number of aromatic nitrogens is 3. The molecule has 1 aromatic carbocycles. The molecule has 0 aliphatic rings. The molecule has 0 spiro atoms. The minimum Gasteiger partial charge on any atom is -0.303 e. The van der Waals surface area contributed by atoms with E-state index in [-0.39, 0.29) is 18.1 Å².